The van der Waals surface area contributed by atoms with E-state index < -0.39 is 0 Å². The van der Waals surface area contributed by atoms with E-state index in [1.807, 2.05) is 6.20 Å². The highest BCUT2D eigenvalue weighted by Gasteiger charge is 2.24. The van der Waals surface area contributed by atoms with Crippen molar-refractivity contribution in [1.29, 1.82) is 0 Å². The highest BCUT2D eigenvalue weighted by molar-refractivity contribution is 7.17. The summed E-state index contributed by atoms with van der Waals surface area (Å²) in [6, 6.07) is 4.97. The van der Waals surface area contributed by atoms with Crippen LogP contribution in [0.4, 0.5) is 5.82 Å². The molecule has 1 aliphatic carbocycles. The summed E-state index contributed by atoms with van der Waals surface area (Å²) in [5.41, 5.74) is 5.70. The Morgan fingerprint density at radius 2 is 2.16 bits per heavy atom. The number of pyridine rings is 1. The Labute approximate surface area is 118 Å². The number of nitrogens with two attached hydrogens (primary N) is 1. The summed E-state index contributed by atoms with van der Waals surface area (Å²) in [7, 11) is 0. The molecule has 0 saturated heterocycles. The minimum atomic E-state index is 0.657. The molecular weight excluding hydrogens is 254 g/mol. The van der Waals surface area contributed by atoms with Gasteiger partial charge >= 0.3 is 0 Å². The van der Waals surface area contributed by atoms with E-state index in [-0.39, 0.29) is 0 Å². The SMILES string of the molecule is NCCCN(c1nccc2sccc12)C1CCCC1. The third-order valence-corrected chi connectivity index (χ3v) is 4.88. The number of hydrogen-bond acceptors (Lipinski definition) is 4. The zero-order chi connectivity index (χ0) is 13.1. The molecule has 0 unspecified atom stereocenters. The first-order valence-electron chi connectivity index (χ1n) is 7.19. The Bertz CT molecular complexity index is 531. The van der Waals surface area contributed by atoms with Gasteiger partial charge < -0.3 is 10.6 Å². The molecule has 2 N–H and O–H groups in total. The van der Waals surface area contributed by atoms with Crippen LogP contribution in [0.2, 0.25) is 0 Å². The molecule has 102 valence electrons. The van der Waals surface area contributed by atoms with Gasteiger partial charge in [0.05, 0.1) is 0 Å². The van der Waals surface area contributed by atoms with Crippen molar-refractivity contribution in [2.75, 3.05) is 18.0 Å². The number of anilines is 1. The minimum Gasteiger partial charge on any atom is -0.353 e. The maximum Gasteiger partial charge on any atom is 0.137 e. The third-order valence-electron chi connectivity index (χ3n) is 4.00. The lowest BCUT2D eigenvalue weighted by molar-refractivity contribution is 0.589. The van der Waals surface area contributed by atoms with Crippen molar-refractivity contribution in [3.8, 4) is 0 Å². The van der Waals surface area contributed by atoms with E-state index >= 15 is 0 Å². The molecule has 0 aromatic carbocycles. The van der Waals surface area contributed by atoms with E-state index in [1.165, 1.54) is 41.6 Å². The summed E-state index contributed by atoms with van der Waals surface area (Å²) in [5, 5.41) is 3.46. The average molecular weight is 275 g/mol. The molecule has 0 amide bonds. The Kier molecular flexibility index (Phi) is 3.99. The summed E-state index contributed by atoms with van der Waals surface area (Å²) in [6.07, 6.45) is 8.28. The van der Waals surface area contributed by atoms with Crippen molar-refractivity contribution in [3.05, 3.63) is 23.7 Å². The standard InChI is InChI=1S/C15H21N3S/c16-8-3-10-18(12-4-1-2-5-12)15-13-7-11-19-14(13)6-9-17-15/h6-7,9,11-12H,1-5,8,10,16H2. The number of hydrogen-bond donors (Lipinski definition) is 1. The molecule has 0 bridgehead atoms. The molecule has 2 aromatic rings. The Morgan fingerprint density at radius 1 is 1.32 bits per heavy atom. The van der Waals surface area contributed by atoms with Gasteiger partial charge in [-0.05, 0) is 43.3 Å². The average Bonchev–Trinajstić information content (AvgIpc) is 3.10. The topological polar surface area (TPSA) is 42.1 Å². The minimum absolute atomic E-state index is 0.657. The summed E-state index contributed by atoms with van der Waals surface area (Å²) in [5.74, 6) is 1.17. The lowest BCUT2D eigenvalue weighted by Crippen LogP contribution is -2.35. The molecule has 0 spiro atoms. The predicted octanol–water partition coefficient (Wildman–Crippen LogP) is 3.39. The van der Waals surface area contributed by atoms with E-state index in [9.17, 15) is 0 Å². The predicted molar refractivity (Wildman–Crippen MR) is 82.9 cm³/mol. The van der Waals surface area contributed by atoms with Gasteiger partial charge in [-0.1, -0.05) is 12.8 Å². The van der Waals surface area contributed by atoms with E-state index in [1.54, 1.807) is 11.3 Å². The second-order valence-electron chi connectivity index (χ2n) is 5.24. The van der Waals surface area contributed by atoms with E-state index in [0.717, 1.165) is 19.5 Å². The van der Waals surface area contributed by atoms with Crippen LogP contribution in [0.25, 0.3) is 10.1 Å². The van der Waals surface area contributed by atoms with E-state index in [4.69, 9.17) is 5.73 Å². The summed E-state index contributed by atoms with van der Waals surface area (Å²) in [4.78, 5) is 7.18. The Balaban J connectivity index is 1.95. The molecule has 1 fully saturated rings. The molecule has 19 heavy (non-hydrogen) atoms. The highest BCUT2D eigenvalue weighted by Crippen LogP contribution is 2.33. The van der Waals surface area contributed by atoms with Gasteiger partial charge in [-0.3, -0.25) is 0 Å². The largest absolute Gasteiger partial charge is 0.353 e. The van der Waals surface area contributed by atoms with Crippen molar-refractivity contribution >= 4 is 27.2 Å². The van der Waals surface area contributed by atoms with E-state index in [2.05, 4.69) is 27.4 Å². The fourth-order valence-electron chi connectivity index (χ4n) is 3.05. The third kappa shape index (κ3) is 2.60. The Hall–Kier alpha value is -1.13. The normalized spacial score (nSPS) is 16.3. The molecular formula is C15H21N3S. The van der Waals surface area contributed by atoms with Gasteiger partial charge in [0.1, 0.15) is 5.82 Å². The number of rotatable bonds is 5. The van der Waals surface area contributed by atoms with Crippen LogP contribution in [0.3, 0.4) is 0 Å². The monoisotopic (exact) mass is 275 g/mol. The summed E-state index contributed by atoms with van der Waals surface area (Å²) >= 11 is 1.79. The Morgan fingerprint density at radius 3 is 2.95 bits per heavy atom. The lowest BCUT2D eigenvalue weighted by atomic mass is 10.1. The van der Waals surface area contributed by atoms with Gasteiger partial charge in [-0.25, -0.2) is 4.98 Å². The van der Waals surface area contributed by atoms with Crippen LogP contribution in [0.1, 0.15) is 32.1 Å². The zero-order valence-electron chi connectivity index (χ0n) is 11.2. The van der Waals surface area contributed by atoms with Crippen LogP contribution >= 0.6 is 11.3 Å². The van der Waals surface area contributed by atoms with Crippen molar-refractivity contribution in [2.24, 2.45) is 5.73 Å². The lowest BCUT2D eigenvalue weighted by Gasteiger charge is -2.30. The molecule has 3 nitrogen and oxygen atoms in total. The van der Waals surface area contributed by atoms with Crippen LogP contribution in [-0.2, 0) is 0 Å². The van der Waals surface area contributed by atoms with Gasteiger partial charge in [-0.15, -0.1) is 11.3 Å². The van der Waals surface area contributed by atoms with Crippen molar-refractivity contribution in [2.45, 2.75) is 38.1 Å². The smallest absolute Gasteiger partial charge is 0.137 e. The zero-order valence-corrected chi connectivity index (χ0v) is 12.0. The quantitative estimate of drug-likeness (QED) is 0.909. The van der Waals surface area contributed by atoms with Crippen LogP contribution in [0, 0.1) is 0 Å². The van der Waals surface area contributed by atoms with Crippen molar-refractivity contribution < 1.29 is 0 Å². The number of thiophene rings is 1. The van der Waals surface area contributed by atoms with Gasteiger partial charge in [0.2, 0.25) is 0 Å². The van der Waals surface area contributed by atoms with Gasteiger partial charge in [0, 0.05) is 28.9 Å². The molecule has 1 aliphatic rings. The molecule has 2 aromatic heterocycles. The fourth-order valence-corrected chi connectivity index (χ4v) is 3.82. The molecule has 0 radical (unpaired) electrons. The molecule has 0 atom stereocenters. The van der Waals surface area contributed by atoms with Crippen molar-refractivity contribution in [3.63, 3.8) is 0 Å². The van der Waals surface area contributed by atoms with Crippen LogP contribution in [0.15, 0.2) is 23.7 Å². The summed E-state index contributed by atoms with van der Waals surface area (Å²) in [6.45, 7) is 1.78. The first-order chi connectivity index (χ1) is 9.40. The number of fused-ring (bicyclic) bond motifs is 1. The van der Waals surface area contributed by atoms with Crippen LogP contribution in [0.5, 0.6) is 0 Å². The van der Waals surface area contributed by atoms with Crippen LogP contribution < -0.4 is 10.6 Å². The maximum absolute atomic E-state index is 5.70. The number of nitrogens with zero attached hydrogens (tertiary/aromatic N) is 2. The molecule has 2 heterocycles. The van der Waals surface area contributed by atoms with Gasteiger partial charge in [0.25, 0.3) is 0 Å². The van der Waals surface area contributed by atoms with Crippen LogP contribution in [-0.4, -0.2) is 24.1 Å². The second-order valence-corrected chi connectivity index (χ2v) is 6.19. The van der Waals surface area contributed by atoms with E-state index in [0.29, 0.717) is 6.04 Å². The van der Waals surface area contributed by atoms with Crippen molar-refractivity contribution in [1.82, 2.24) is 4.98 Å². The number of aromatic nitrogens is 1. The van der Waals surface area contributed by atoms with Gasteiger partial charge in [0.15, 0.2) is 0 Å². The first-order valence-corrected chi connectivity index (χ1v) is 8.07. The first kappa shape index (κ1) is 12.9. The molecule has 4 heteroatoms. The fraction of sp³-hybridized carbons (Fsp3) is 0.533. The summed E-state index contributed by atoms with van der Waals surface area (Å²) < 4.78 is 1.33. The second kappa shape index (κ2) is 5.88. The molecule has 1 saturated carbocycles. The van der Waals surface area contributed by atoms with Gasteiger partial charge in [-0.2, -0.15) is 0 Å². The maximum atomic E-state index is 5.70. The highest BCUT2D eigenvalue weighted by atomic mass is 32.1. The molecule has 3 rings (SSSR count). The molecule has 0 aliphatic heterocycles.